The van der Waals surface area contributed by atoms with Gasteiger partial charge in [0, 0.05) is 0 Å². The van der Waals surface area contributed by atoms with E-state index in [9.17, 15) is 4.79 Å². The molecule has 0 amide bonds. The zero-order chi connectivity index (χ0) is 11.3. The Morgan fingerprint density at radius 3 is 2.21 bits per heavy atom. The second kappa shape index (κ2) is 5.42. The normalized spacial score (nSPS) is 13.9. The maximum Gasteiger partial charge on any atom is 0.358 e. The molecule has 2 N–H and O–H groups in total. The summed E-state index contributed by atoms with van der Waals surface area (Å²) in [6.45, 7) is 9.43. The standard InChI is InChI=1S/C10H18N2O2/c1-6(2)8(4)12-9(7(3)11)10(13)14-5/h6,8H,3,11H2,1-2,4-5H3. The fourth-order valence-corrected chi connectivity index (χ4v) is 0.716. The number of hydrogen-bond donors (Lipinski definition) is 1. The highest BCUT2D eigenvalue weighted by atomic mass is 16.5. The van der Waals surface area contributed by atoms with Gasteiger partial charge in [0.1, 0.15) is 0 Å². The fraction of sp³-hybridized carbons (Fsp3) is 0.600. The maximum atomic E-state index is 11.2. The molecular formula is C10H18N2O2. The summed E-state index contributed by atoms with van der Waals surface area (Å²) in [6.07, 6.45) is 0. The number of methoxy groups -OCH3 is 1. The van der Waals surface area contributed by atoms with Crippen molar-refractivity contribution in [1.82, 2.24) is 0 Å². The first-order valence-corrected chi connectivity index (χ1v) is 4.51. The number of carbonyl (C=O) groups is 1. The van der Waals surface area contributed by atoms with E-state index >= 15 is 0 Å². The van der Waals surface area contributed by atoms with Crippen LogP contribution >= 0.6 is 0 Å². The van der Waals surface area contributed by atoms with Crippen molar-refractivity contribution in [1.29, 1.82) is 0 Å². The second-order valence-corrected chi connectivity index (χ2v) is 3.48. The van der Waals surface area contributed by atoms with E-state index in [4.69, 9.17) is 5.73 Å². The zero-order valence-electron chi connectivity index (χ0n) is 9.20. The van der Waals surface area contributed by atoms with Gasteiger partial charge < -0.3 is 10.5 Å². The third kappa shape index (κ3) is 3.60. The van der Waals surface area contributed by atoms with Crippen molar-refractivity contribution in [3.05, 3.63) is 12.3 Å². The number of esters is 1. The molecule has 0 rings (SSSR count). The average Bonchev–Trinajstić information content (AvgIpc) is 2.11. The van der Waals surface area contributed by atoms with Crippen LogP contribution in [0.4, 0.5) is 0 Å². The number of nitrogens with two attached hydrogens (primary N) is 1. The van der Waals surface area contributed by atoms with Gasteiger partial charge in [0.2, 0.25) is 0 Å². The number of carbonyl (C=O) groups excluding carboxylic acids is 1. The highest BCUT2D eigenvalue weighted by molar-refractivity contribution is 6.42. The van der Waals surface area contributed by atoms with E-state index in [-0.39, 0.29) is 17.5 Å². The van der Waals surface area contributed by atoms with Crippen LogP contribution in [0.25, 0.3) is 0 Å². The van der Waals surface area contributed by atoms with Gasteiger partial charge in [0.25, 0.3) is 0 Å². The summed E-state index contributed by atoms with van der Waals surface area (Å²) in [5.41, 5.74) is 5.70. The molecule has 0 fully saturated rings. The zero-order valence-corrected chi connectivity index (χ0v) is 9.20. The van der Waals surface area contributed by atoms with Crippen LogP contribution in [0.3, 0.4) is 0 Å². The van der Waals surface area contributed by atoms with Crippen LogP contribution in [-0.4, -0.2) is 24.8 Å². The molecule has 0 spiro atoms. The Hall–Kier alpha value is -1.32. The first-order chi connectivity index (χ1) is 6.40. The summed E-state index contributed by atoms with van der Waals surface area (Å²) < 4.78 is 4.54. The highest BCUT2D eigenvalue weighted by Gasteiger charge is 2.15. The number of ether oxygens (including phenoxy) is 1. The Bertz CT molecular complexity index is 257. The monoisotopic (exact) mass is 198 g/mol. The SMILES string of the molecule is C=C(N)C(=NC(C)C(C)C)C(=O)OC. The van der Waals surface area contributed by atoms with Crippen molar-refractivity contribution in [3.63, 3.8) is 0 Å². The maximum absolute atomic E-state index is 11.2. The quantitative estimate of drug-likeness (QED) is 0.543. The van der Waals surface area contributed by atoms with E-state index in [0.29, 0.717) is 5.92 Å². The third-order valence-electron chi connectivity index (χ3n) is 1.98. The molecule has 0 aliphatic heterocycles. The number of aliphatic imine (C=N–C) groups is 1. The summed E-state index contributed by atoms with van der Waals surface area (Å²) >= 11 is 0. The molecule has 0 aromatic carbocycles. The lowest BCUT2D eigenvalue weighted by molar-refractivity contribution is -0.132. The smallest absolute Gasteiger partial charge is 0.358 e. The molecule has 0 heterocycles. The number of hydrogen-bond acceptors (Lipinski definition) is 4. The Morgan fingerprint density at radius 2 is 1.93 bits per heavy atom. The Morgan fingerprint density at radius 1 is 1.43 bits per heavy atom. The van der Waals surface area contributed by atoms with E-state index < -0.39 is 5.97 Å². The van der Waals surface area contributed by atoms with Crippen LogP contribution < -0.4 is 5.73 Å². The van der Waals surface area contributed by atoms with E-state index in [1.54, 1.807) is 0 Å². The molecular weight excluding hydrogens is 180 g/mol. The van der Waals surface area contributed by atoms with E-state index in [0.717, 1.165) is 0 Å². The van der Waals surface area contributed by atoms with Crippen molar-refractivity contribution in [2.24, 2.45) is 16.6 Å². The van der Waals surface area contributed by atoms with E-state index in [2.05, 4.69) is 16.3 Å². The minimum absolute atomic E-state index is 0.0180. The summed E-state index contributed by atoms with van der Waals surface area (Å²) in [4.78, 5) is 15.4. The van der Waals surface area contributed by atoms with Gasteiger partial charge in [-0.3, -0.25) is 4.99 Å². The Kier molecular flexibility index (Phi) is 4.91. The van der Waals surface area contributed by atoms with Gasteiger partial charge in [-0.2, -0.15) is 0 Å². The van der Waals surface area contributed by atoms with Crippen LogP contribution in [-0.2, 0) is 9.53 Å². The summed E-state index contributed by atoms with van der Waals surface area (Å²) in [5, 5.41) is 0. The average molecular weight is 198 g/mol. The van der Waals surface area contributed by atoms with Crippen LogP contribution in [0.5, 0.6) is 0 Å². The van der Waals surface area contributed by atoms with Gasteiger partial charge >= 0.3 is 5.97 Å². The summed E-state index contributed by atoms with van der Waals surface area (Å²) in [7, 11) is 1.29. The molecule has 0 aliphatic rings. The van der Waals surface area contributed by atoms with Gasteiger partial charge in [-0.1, -0.05) is 20.4 Å². The summed E-state index contributed by atoms with van der Waals surface area (Å²) in [5.74, 6) is -0.195. The van der Waals surface area contributed by atoms with Gasteiger partial charge in [-0.15, -0.1) is 0 Å². The Labute approximate surface area is 84.8 Å². The summed E-state index contributed by atoms with van der Waals surface area (Å²) in [6, 6.07) is 0.0180. The minimum Gasteiger partial charge on any atom is -0.464 e. The Balaban J connectivity index is 4.82. The lowest BCUT2D eigenvalue weighted by Gasteiger charge is -2.12. The van der Waals surface area contributed by atoms with Gasteiger partial charge in [-0.25, -0.2) is 4.79 Å². The molecule has 0 radical (unpaired) electrons. The minimum atomic E-state index is -0.537. The molecule has 0 aromatic heterocycles. The second-order valence-electron chi connectivity index (χ2n) is 3.48. The molecule has 14 heavy (non-hydrogen) atoms. The molecule has 0 saturated heterocycles. The fourth-order valence-electron chi connectivity index (χ4n) is 0.716. The lowest BCUT2D eigenvalue weighted by atomic mass is 10.1. The predicted molar refractivity (Wildman–Crippen MR) is 57.1 cm³/mol. The van der Waals surface area contributed by atoms with Crippen molar-refractivity contribution >= 4 is 11.7 Å². The molecule has 1 atom stereocenters. The van der Waals surface area contributed by atoms with Gasteiger partial charge in [0.15, 0.2) is 5.71 Å². The molecule has 4 nitrogen and oxygen atoms in total. The molecule has 0 saturated carbocycles. The number of rotatable bonds is 4. The first kappa shape index (κ1) is 12.7. The molecule has 0 bridgehead atoms. The molecule has 0 aliphatic carbocycles. The van der Waals surface area contributed by atoms with Gasteiger partial charge in [-0.05, 0) is 12.8 Å². The lowest BCUT2D eigenvalue weighted by Crippen LogP contribution is -2.25. The highest BCUT2D eigenvalue weighted by Crippen LogP contribution is 2.06. The van der Waals surface area contributed by atoms with Crippen molar-refractivity contribution in [2.45, 2.75) is 26.8 Å². The topological polar surface area (TPSA) is 64.7 Å². The first-order valence-electron chi connectivity index (χ1n) is 4.51. The third-order valence-corrected chi connectivity index (χ3v) is 1.98. The molecule has 80 valence electrons. The molecule has 4 heteroatoms. The molecule has 1 unspecified atom stereocenters. The van der Waals surface area contributed by atoms with Crippen LogP contribution in [0.15, 0.2) is 17.3 Å². The molecule has 0 aromatic rings. The van der Waals surface area contributed by atoms with Crippen LogP contribution in [0.2, 0.25) is 0 Å². The predicted octanol–water partition coefficient (Wildman–Crippen LogP) is 1.12. The van der Waals surface area contributed by atoms with Crippen LogP contribution in [0.1, 0.15) is 20.8 Å². The van der Waals surface area contributed by atoms with Crippen LogP contribution in [0, 0.1) is 5.92 Å². The number of nitrogens with zero attached hydrogens (tertiary/aromatic N) is 1. The van der Waals surface area contributed by atoms with Crippen molar-refractivity contribution < 1.29 is 9.53 Å². The van der Waals surface area contributed by atoms with E-state index in [1.807, 2.05) is 20.8 Å². The van der Waals surface area contributed by atoms with E-state index in [1.165, 1.54) is 7.11 Å². The largest absolute Gasteiger partial charge is 0.464 e. The van der Waals surface area contributed by atoms with Gasteiger partial charge in [0.05, 0.1) is 18.8 Å². The van der Waals surface area contributed by atoms with Crippen molar-refractivity contribution in [3.8, 4) is 0 Å². The van der Waals surface area contributed by atoms with Crippen molar-refractivity contribution in [2.75, 3.05) is 7.11 Å².